The number of aromatic amines is 1. The first-order chi connectivity index (χ1) is 11.1. The van der Waals surface area contributed by atoms with Gasteiger partial charge in [0.25, 0.3) is 5.91 Å². The van der Waals surface area contributed by atoms with E-state index in [9.17, 15) is 9.59 Å². The number of nitrogens with one attached hydrogen (secondary N) is 2. The van der Waals surface area contributed by atoms with E-state index in [1.807, 2.05) is 31.2 Å². The number of carbonyl (C=O) groups is 1. The van der Waals surface area contributed by atoms with E-state index < -0.39 is 5.91 Å². The monoisotopic (exact) mass is 344 g/mol. The molecule has 1 aromatic carbocycles. The molecule has 0 bridgehead atoms. The lowest BCUT2D eigenvalue weighted by Crippen LogP contribution is -2.17. The number of hydrogen-bond donors (Lipinski definition) is 2. The van der Waals surface area contributed by atoms with Gasteiger partial charge in [0.15, 0.2) is 0 Å². The second-order valence-electron chi connectivity index (χ2n) is 4.68. The fourth-order valence-electron chi connectivity index (χ4n) is 1.76. The first kappa shape index (κ1) is 15.4. The number of carbonyl (C=O) groups excluding carboxylic acids is 1. The summed E-state index contributed by atoms with van der Waals surface area (Å²) in [6.07, 6.45) is 0. The third-order valence-electron chi connectivity index (χ3n) is 2.87. The first-order valence-electron chi connectivity index (χ1n) is 6.69. The highest BCUT2D eigenvalue weighted by Gasteiger charge is 2.11. The van der Waals surface area contributed by atoms with Gasteiger partial charge in [-0.25, -0.2) is 0 Å². The average molecular weight is 344 g/mol. The lowest BCUT2D eigenvalue weighted by molar-refractivity contribution is 0.102. The van der Waals surface area contributed by atoms with Crippen LogP contribution in [0.4, 0.5) is 5.13 Å². The zero-order chi connectivity index (χ0) is 16.2. The van der Waals surface area contributed by atoms with Crippen molar-refractivity contribution in [1.82, 2.24) is 14.3 Å². The van der Waals surface area contributed by atoms with Gasteiger partial charge in [-0.2, -0.15) is 9.36 Å². The highest BCUT2D eigenvalue weighted by atomic mass is 32.2. The molecular formula is C15H12N4O2S2. The zero-order valence-corrected chi connectivity index (χ0v) is 13.7. The topological polar surface area (TPSA) is 87.7 Å². The van der Waals surface area contributed by atoms with E-state index in [2.05, 4.69) is 19.7 Å². The van der Waals surface area contributed by atoms with Crippen molar-refractivity contribution in [2.24, 2.45) is 0 Å². The van der Waals surface area contributed by atoms with E-state index in [0.29, 0.717) is 10.3 Å². The Morgan fingerprint density at radius 3 is 2.74 bits per heavy atom. The number of aromatic nitrogens is 3. The molecule has 0 saturated carbocycles. The van der Waals surface area contributed by atoms with E-state index in [0.717, 1.165) is 16.4 Å². The molecule has 0 aliphatic heterocycles. The quantitative estimate of drug-likeness (QED) is 0.760. The minimum absolute atomic E-state index is 0.181. The Balaban J connectivity index is 1.68. The number of aryl methyl sites for hydroxylation is 1. The van der Waals surface area contributed by atoms with Crippen LogP contribution in [0.25, 0.3) is 0 Å². The standard InChI is InChI=1S/C15H12N4O2S2/c1-9-5-7-10(8-6-9)22-15-18-14(23-19-15)17-13(21)11-3-2-4-12(20)16-11/h2-8H,1H3,(H,16,20)(H,17,18,19,21). The van der Waals surface area contributed by atoms with Gasteiger partial charge in [-0.3, -0.25) is 14.9 Å². The molecule has 0 radical (unpaired) electrons. The molecule has 2 heterocycles. The summed E-state index contributed by atoms with van der Waals surface area (Å²) in [6.45, 7) is 2.02. The number of benzene rings is 1. The summed E-state index contributed by atoms with van der Waals surface area (Å²) in [4.78, 5) is 31.0. The largest absolute Gasteiger partial charge is 0.318 e. The summed E-state index contributed by atoms with van der Waals surface area (Å²) < 4.78 is 4.21. The summed E-state index contributed by atoms with van der Waals surface area (Å²) in [5.74, 6) is -0.425. The molecule has 0 aliphatic rings. The number of pyridine rings is 1. The normalized spacial score (nSPS) is 10.5. The molecule has 0 atom stereocenters. The van der Waals surface area contributed by atoms with Crippen LogP contribution in [0.2, 0.25) is 0 Å². The highest BCUT2D eigenvalue weighted by molar-refractivity contribution is 7.99. The van der Waals surface area contributed by atoms with Gasteiger partial charge < -0.3 is 4.98 Å². The zero-order valence-electron chi connectivity index (χ0n) is 12.1. The Bertz CT molecular complexity index is 887. The Kier molecular flexibility index (Phi) is 4.54. The van der Waals surface area contributed by atoms with Crippen molar-refractivity contribution in [3.8, 4) is 0 Å². The molecule has 116 valence electrons. The molecular weight excluding hydrogens is 332 g/mol. The number of H-pyrrole nitrogens is 1. The van der Waals surface area contributed by atoms with Crippen molar-refractivity contribution in [2.45, 2.75) is 17.0 Å². The lowest BCUT2D eigenvalue weighted by atomic mass is 10.2. The van der Waals surface area contributed by atoms with Crippen LogP contribution in [0.15, 0.2) is 57.3 Å². The Morgan fingerprint density at radius 1 is 1.22 bits per heavy atom. The van der Waals surface area contributed by atoms with Gasteiger partial charge in [0.05, 0.1) is 0 Å². The Morgan fingerprint density at radius 2 is 2.00 bits per heavy atom. The van der Waals surface area contributed by atoms with Crippen molar-refractivity contribution in [3.05, 3.63) is 64.1 Å². The highest BCUT2D eigenvalue weighted by Crippen LogP contribution is 2.27. The predicted octanol–water partition coefficient (Wildman–Crippen LogP) is 2.94. The van der Waals surface area contributed by atoms with E-state index >= 15 is 0 Å². The second kappa shape index (κ2) is 6.76. The van der Waals surface area contributed by atoms with Crippen LogP contribution in [0.3, 0.4) is 0 Å². The van der Waals surface area contributed by atoms with E-state index in [1.54, 1.807) is 0 Å². The van der Waals surface area contributed by atoms with Crippen molar-refractivity contribution in [2.75, 3.05) is 5.32 Å². The molecule has 2 aromatic heterocycles. The van der Waals surface area contributed by atoms with Crippen LogP contribution in [0.5, 0.6) is 0 Å². The fourth-order valence-corrected chi connectivity index (χ4v) is 3.17. The van der Waals surface area contributed by atoms with Crippen molar-refractivity contribution < 1.29 is 4.79 Å². The SMILES string of the molecule is Cc1ccc(Sc2nsc(NC(=O)c3cccc(=O)[nH]3)n2)cc1. The molecule has 3 rings (SSSR count). The summed E-state index contributed by atoms with van der Waals surface area (Å²) in [7, 11) is 0. The van der Waals surface area contributed by atoms with Crippen LogP contribution in [-0.2, 0) is 0 Å². The predicted molar refractivity (Wildman–Crippen MR) is 90.2 cm³/mol. The Labute approximate surface area is 140 Å². The number of hydrogen-bond acceptors (Lipinski definition) is 6. The van der Waals surface area contributed by atoms with Gasteiger partial charge in [-0.15, -0.1) is 0 Å². The molecule has 1 amide bonds. The van der Waals surface area contributed by atoms with Crippen LogP contribution in [-0.4, -0.2) is 20.2 Å². The van der Waals surface area contributed by atoms with E-state index in [-0.39, 0.29) is 11.3 Å². The molecule has 0 spiro atoms. The number of amides is 1. The van der Waals surface area contributed by atoms with Gasteiger partial charge in [-0.05, 0) is 36.9 Å². The van der Waals surface area contributed by atoms with Gasteiger partial charge >= 0.3 is 0 Å². The maximum atomic E-state index is 12.0. The molecule has 2 N–H and O–H groups in total. The average Bonchev–Trinajstić information content (AvgIpc) is 2.96. The molecule has 8 heteroatoms. The van der Waals surface area contributed by atoms with Crippen LogP contribution >= 0.6 is 23.3 Å². The van der Waals surface area contributed by atoms with Crippen molar-refractivity contribution >= 4 is 34.3 Å². The molecule has 0 unspecified atom stereocenters. The van der Waals surface area contributed by atoms with Gasteiger partial charge in [-0.1, -0.05) is 23.8 Å². The van der Waals surface area contributed by atoms with Crippen molar-refractivity contribution in [3.63, 3.8) is 0 Å². The minimum Gasteiger partial charge on any atom is -0.318 e. The van der Waals surface area contributed by atoms with Crippen molar-refractivity contribution in [1.29, 1.82) is 0 Å². The molecule has 0 fully saturated rings. The second-order valence-corrected chi connectivity index (χ2v) is 6.47. The first-order valence-corrected chi connectivity index (χ1v) is 8.28. The van der Waals surface area contributed by atoms with Crippen LogP contribution in [0, 0.1) is 6.92 Å². The summed E-state index contributed by atoms with van der Waals surface area (Å²) >= 11 is 2.51. The third-order valence-corrected chi connectivity index (χ3v) is 4.49. The smallest absolute Gasteiger partial charge is 0.273 e. The van der Waals surface area contributed by atoms with E-state index in [4.69, 9.17) is 0 Å². The van der Waals surface area contributed by atoms with Gasteiger partial charge in [0.2, 0.25) is 15.8 Å². The fraction of sp³-hybridized carbons (Fsp3) is 0.0667. The molecule has 23 heavy (non-hydrogen) atoms. The van der Waals surface area contributed by atoms with Crippen LogP contribution in [0.1, 0.15) is 16.1 Å². The van der Waals surface area contributed by atoms with Gasteiger partial charge in [0, 0.05) is 22.5 Å². The van der Waals surface area contributed by atoms with Gasteiger partial charge in [0.1, 0.15) is 5.69 Å². The lowest BCUT2D eigenvalue weighted by Gasteiger charge is -2.00. The Hall–Kier alpha value is -2.45. The summed E-state index contributed by atoms with van der Waals surface area (Å²) in [6, 6.07) is 12.4. The summed E-state index contributed by atoms with van der Waals surface area (Å²) in [5.41, 5.74) is 1.04. The van der Waals surface area contributed by atoms with E-state index in [1.165, 1.54) is 35.5 Å². The number of anilines is 1. The third kappa shape index (κ3) is 4.05. The number of rotatable bonds is 4. The molecule has 0 saturated heterocycles. The van der Waals surface area contributed by atoms with Crippen LogP contribution < -0.4 is 10.9 Å². The molecule has 6 nitrogen and oxygen atoms in total. The number of nitrogens with zero attached hydrogens (tertiary/aromatic N) is 2. The maximum Gasteiger partial charge on any atom is 0.273 e. The molecule has 0 aliphatic carbocycles. The summed E-state index contributed by atoms with van der Waals surface area (Å²) in [5, 5.41) is 3.57. The molecule has 3 aromatic rings. The minimum atomic E-state index is -0.425. The maximum absolute atomic E-state index is 12.0.